The van der Waals surface area contributed by atoms with Crippen LogP contribution in [0, 0.1) is 12.3 Å². The van der Waals surface area contributed by atoms with Gasteiger partial charge >= 0.3 is 25.2 Å². The molecule has 1 rings (SSSR count). The molecule has 0 bridgehead atoms. The maximum Gasteiger partial charge on any atom is 2.00 e. The maximum atomic E-state index is 8.49. The number of hydrogen-bond acceptors (Lipinski definition) is 2. The van der Waals surface area contributed by atoms with Gasteiger partial charge in [-0.1, -0.05) is 0 Å². The summed E-state index contributed by atoms with van der Waals surface area (Å²) in [7, 11) is 0. The van der Waals surface area contributed by atoms with Gasteiger partial charge in [-0.3, -0.25) is 0 Å². The molecule has 0 unspecified atom stereocenters. The second-order valence-electron chi connectivity index (χ2n) is 2.63. The molecule has 0 amide bonds. The zero-order chi connectivity index (χ0) is 8.97. The molecular weight excluding hydrogens is 322 g/mol. The normalized spacial score (nSPS) is 6.81. The van der Waals surface area contributed by atoms with Crippen LogP contribution in [0.3, 0.4) is 0 Å². The molecule has 0 aliphatic rings. The second kappa shape index (κ2) is 13.0. The molecule has 0 spiro atoms. The molecule has 0 heterocycles. The van der Waals surface area contributed by atoms with Crippen molar-refractivity contribution in [1.82, 2.24) is 0 Å². The van der Waals surface area contributed by atoms with Gasteiger partial charge < -0.3 is 42.5 Å². The zero-order valence-corrected chi connectivity index (χ0v) is 14.4. The number of benzene rings is 1. The Bertz CT molecular complexity index is 328. The van der Waals surface area contributed by atoms with E-state index in [9.17, 15) is 0 Å². The molecule has 86 valence electrons. The Labute approximate surface area is 127 Å². The van der Waals surface area contributed by atoms with Crippen molar-refractivity contribution in [2.75, 3.05) is 11.9 Å². The standard InChI is InChI=1S/C9H12N3.3ClH.Zn/c1-3-11-9-5-4-8(12-10)6-7(9)2;;;;/h4-6,11H,3H2,1-2H3;3*1H;/q+1;;;;+2/p-3. The van der Waals surface area contributed by atoms with Gasteiger partial charge in [0, 0.05) is 24.4 Å². The first kappa shape index (κ1) is 25.0. The largest absolute Gasteiger partial charge is 2.00 e. The van der Waals surface area contributed by atoms with Gasteiger partial charge in [0.25, 0.3) is 0 Å². The van der Waals surface area contributed by atoms with Crippen molar-refractivity contribution < 1.29 is 56.7 Å². The predicted molar refractivity (Wildman–Crippen MR) is 50.1 cm³/mol. The fraction of sp³-hybridized carbons (Fsp3) is 0.333. The van der Waals surface area contributed by atoms with E-state index < -0.39 is 0 Å². The molecule has 7 heteroatoms. The van der Waals surface area contributed by atoms with Crippen LogP contribution in [0.15, 0.2) is 18.2 Å². The molecule has 0 fully saturated rings. The quantitative estimate of drug-likeness (QED) is 0.432. The van der Waals surface area contributed by atoms with E-state index in [0.717, 1.165) is 17.8 Å². The molecule has 0 atom stereocenters. The smallest absolute Gasteiger partial charge is 1.00 e. The average Bonchev–Trinajstić information content (AvgIpc) is 2.09. The summed E-state index contributed by atoms with van der Waals surface area (Å²) in [5.74, 6) is 0. The topological polar surface area (TPSA) is 40.2 Å². The maximum absolute atomic E-state index is 8.49. The van der Waals surface area contributed by atoms with Crippen LogP contribution in [0.5, 0.6) is 0 Å². The number of diazo groups is 1. The van der Waals surface area contributed by atoms with Gasteiger partial charge in [0.1, 0.15) is 0 Å². The zero-order valence-electron chi connectivity index (χ0n) is 9.17. The summed E-state index contributed by atoms with van der Waals surface area (Å²) in [6.45, 7) is 4.92. The third-order valence-corrected chi connectivity index (χ3v) is 1.69. The van der Waals surface area contributed by atoms with Gasteiger partial charge in [-0.2, -0.15) is 0 Å². The summed E-state index contributed by atoms with van der Waals surface area (Å²) in [6.07, 6.45) is 0. The number of aryl methyl sites for hydroxylation is 1. The van der Waals surface area contributed by atoms with Crippen molar-refractivity contribution in [3.63, 3.8) is 0 Å². The molecule has 0 aliphatic heterocycles. The van der Waals surface area contributed by atoms with E-state index in [1.54, 1.807) is 6.07 Å². The van der Waals surface area contributed by atoms with Crippen molar-refractivity contribution in [1.29, 1.82) is 5.39 Å². The monoisotopic (exact) mass is 331 g/mol. The Kier molecular flexibility index (Phi) is 20.3. The van der Waals surface area contributed by atoms with Crippen LogP contribution in [0.4, 0.5) is 11.4 Å². The van der Waals surface area contributed by atoms with Crippen molar-refractivity contribution >= 4 is 11.4 Å². The Morgan fingerprint density at radius 3 is 2.19 bits per heavy atom. The minimum absolute atomic E-state index is 0. The van der Waals surface area contributed by atoms with Crippen LogP contribution in [0.25, 0.3) is 4.98 Å². The number of rotatable bonds is 2. The Balaban J connectivity index is -0.000000180. The van der Waals surface area contributed by atoms with E-state index >= 15 is 0 Å². The summed E-state index contributed by atoms with van der Waals surface area (Å²) >= 11 is 0. The SMILES string of the molecule is CCNc1ccc([N+]#N)cc1C.[Cl-].[Cl-].[Cl-].[Zn+2]. The summed E-state index contributed by atoms with van der Waals surface area (Å²) in [5.41, 5.74) is 2.77. The third-order valence-electron chi connectivity index (χ3n) is 1.69. The first-order valence-corrected chi connectivity index (χ1v) is 3.97. The fourth-order valence-electron chi connectivity index (χ4n) is 1.10. The van der Waals surface area contributed by atoms with Gasteiger partial charge in [0.05, 0.1) is 0 Å². The molecule has 3 nitrogen and oxygen atoms in total. The Morgan fingerprint density at radius 1 is 1.25 bits per heavy atom. The first-order valence-electron chi connectivity index (χ1n) is 3.97. The van der Waals surface area contributed by atoms with E-state index in [-0.39, 0.29) is 56.7 Å². The van der Waals surface area contributed by atoms with E-state index in [1.165, 1.54) is 0 Å². The van der Waals surface area contributed by atoms with E-state index in [4.69, 9.17) is 5.39 Å². The molecule has 1 N–H and O–H groups in total. The van der Waals surface area contributed by atoms with Gasteiger partial charge in [-0.05, 0) is 25.5 Å². The molecule has 0 radical (unpaired) electrons. The molecule has 0 aliphatic carbocycles. The number of nitrogens with zero attached hydrogens (tertiary/aromatic N) is 2. The van der Waals surface area contributed by atoms with E-state index in [2.05, 4.69) is 10.3 Å². The van der Waals surface area contributed by atoms with Gasteiger partial charge in [-0.25, -0.2) is 0 Å². The second-order valence-corrected chi connectivity index (χ2v) is 2.63. The molecular formula is C9H12Cl3N3Zn. The van der Waals surface area contributed by atoms with Crippen molar-refractivity contribution in [2.24, 2.45) is 0 Å². The van der Waals surface area contributed by atoms with Crippen LogP contribution >= 0.6 is 0 Å². The molecule has 0 aromatic heterocycles. The predicted octanol–water partition coefficient (Wildman–Crippen LogP) is -6.08. The van der Waals surface area contributed by atoms with Crippen molar-refractivity contribution in [2.45, 2.75) is 13.8 Å². The number of hydrogen-bond donors (Lipinski definition) is 1. The first-order chi connectivity index (χ1) is 5.77. The summed E-state index contributed by atoms with van der Waals surface area (Å²) in [6, 6.07) is 5.51. The number of halogens is 3. The number of anilines is 1. The number of nitrogens with one attached hydrogen (secondary N) is 1. The molecule has 0 saturated carbocycles. The van der Waals surface area contributed by atoms with Crippen LogP contribution in [-0.2, 0) is 19.5 Å². The summed E-state index contributed by atoms with van der Waals surface area (Å²) in [4.78, 5) is 3.10. The van der Waals surface area contributed by atoms with E-state index in [0.29, 0.717) is 5.69 Å². The summed E-state index contributed by atoms with van der Waals surface area (Å²) in [5, 5.41) is 11.7. The average molecular weight is 334 g/mol. The molecule has 0 saturated heterocycles. The Hall–Kier alpha value is -0.0666. The molecule has 1 aromatic carbocycles. The van der Waals surface area contributed by atoms with Gasteiger partial charge in [-0.15, -0.1) is 0 Å². The van der Waals surface area contributed by atoms with E-state index in [1.807, 2.05) is 26.0 Å². The fourth-order valence-corrected chi connectivity index (χ4v) is 1.10. The van der Waals surface area contributed by atoms with Crippen molar-refractivity contribution in [3.8, 4) is 0 Å². The van der Waals surface area contributed by atoms with Crippen molar-refractivity contribution in [3.05, 3.63) is 28.7 Å². The molecule has 16 heavy (non-hydrogen) atoms. The van der Waals surface area contributed by atoms with Crippen LogP contribution in [-0.4, -0.2) is 6.54 Å². The summed E-state index contributed by atoms with van der Waals surface area (Å²) < 4.78 is 0. The minimum atomic E-state index is 0. The Morgan fingerprint density at radius 2 is 1.81 bits per heavy atom. The van der Waals surface area contributed by atoms with Gasteiger partial charge in [0.15, 0.2) is 4.98 Å². The minimum Gasteiger partial charge on any atom is -1.00 e. The van der Waals surface area contributed by atoms with Crippen LogP contribution in [0.1, 0.15) is 12.5 Å². The van der Waals surface area contributed by atoms with Gasteiger partial charge in [0.2, 0.25) is 5.39 Å². The van der Waals surface area contributed by atoms with Crippen LogP contribution in [0.2, 0.25) is 0 Å². The van der Waals surface area contributed by atoms with Crippen LogP contribution < -0.4 is 42.5 Å². The third kappa shape index (κ3) is 7.25. The molecule has 1 aromatic rings.